The molecule has 3 heterocycles. The first kappa shape index (κ1) is 30.7. The largest absolute Gasteiger partial charge is 0.460 e. The smallest absolute Gasteiger partial charge is 0.312 e. The van der Waals surface area contributed by atoms with Crippen LogP contribution in [-0.4, -0.2) is 83.8 Å². The summed E-state index contributed by atoms with van der Waals surface area (Å²) >= 11 is 6.07. The summed E-state index contributed by atoms with van der Waals surface area (Å²) in [5.74, 6) is -3.25. The molecular formula is C30H38ClN3O7. The summed E-state index contributed by atoms with van der Waals surface area (Å²) in [7, 11) is 0. The number of halogens is 1. The van der Waals surface area contributed by atoms with Crippen LogP contribution >= 0.6 is 11.6 Å². The number of fused-ring (bicyclic) bond motifs is 1. The van der Waals surface area contributed by atoms with Gasteiger partial charge in [0, 0.05) is 36.8 Å². The fraction of sp³-hybridized carbons (Fsp3) is 0.533. The van der Waals surface area contributed by atoms with E-state index in [-0.39, 0.29) is 50.4 Å². The van der Waals surface area contributed by atoms with Crippen molar-refractivity contribution in [3.8, 4) is 0 Å². The molecule has 11 heteroatoms. The molecule has 1 aromatic rings. The molecule has 10 nitrogen and oxygen atoms in total. The Morgan fingerprint density at radius 1 is 1.29 bits per heavy atom. The number of hydrogen-bond donors (Lipinski definition) is 2. The van der Waals surface area contributed by atoms with Crippen LogP contribution in [0, 0.1) is 11.8 Å². The number of carbonyl (C=O) groups excluding carboxylic acids is 4. The molecule has 3 saturated heterocycles. The average Bonchev–Trinajstić information content (AvgIpc) is 3.60. The molecule has 3 amide bonds. The second-order valence-corrected chi connectivity index (χ2v) is 11.2. The summed E-state index contributed by atoms with van der Waals surface area (Å²) < 4.78 is 12.1. The molecule has 0 radical (unpaired) electrons. The lowest BCUT2D eigenvalue weighted by Crippen LogP contribution is -2.56. The molecule has 0 aliphatic carbocycles. The van der Waals surface area contributed by atoms with Gasteiger partial charge < -0.3 is 29.7 Å². The van der Waals surface area contributed by atoms with Gasteiger partial charge >= 0.3 is 5.97 Å². The number of esters is 1. The van der Waals surface area contributed by atoms with Gasteiger partial charge in [-0.25, -0.2) is 0 Å². The quantitative estimate of drug-likeness (QED) is 0.253. The molecule has 41 heavy (non-hydrogen) atoms. The number of hydrogen-bond acceptors (Lipinski definition) is 7. The number of benzene rings is 1. The van der Waals surface area contributed by atoms with Crippen molar-refractivity contribution in [2.45, 2.75) is 62.9 Å². The van der Waals surface area contributed by atoms with E-state index in [2.05, 4.69) is 18.5 Å². The second kappa shape index (κ2) is 13.2. The average molecular weight is 588 g/mol. The van der Waals surface area contributed by atoms with Gasteiger partial charge in [0.05, 0.1) is 24.5 Å². The Hall–Kier alpha value is -3.21. The number of anilines is 1. The van der Waals surface area contributed by atoms with Gasteiger partial charge in [0.25, 0.3) is 5.91 Å². The Morgan fingerprint density at radius 3 is 2.68 bits per heavy atom. The molecule has 0 saturated carbocycles. The molecule has 1 spiro atoms. The molecule has 6 atom stereocenters. The van der Waals surface area contributed by atoms with Crippen LogP contribution in [0.5, 0.6) is 0 Å². The Morgan fingerprint density at radius 2 is 2.02 bits per heavy atom. The first-order valence-electron chi connectivity index (χ1n) is 14.0. The van der Waals surface area contributed by atoms with Crippen molar-refractivity contribution in [3.63, 3.8) is 0 Å². The monoisotopic (exact) mass is 587 g/mol. The van der Waals surface area contributed by atoms with Crippen LogP contribution in [0.2, 0.25) is 5.02 Å². The number of nitrogens with zero attached hydrogens (tertiary/aromatic N) is 2. The van der Waals surface area contributed by atoms with Gasteiger partial charge in [-0.05, 0) is 56.9 Å². The van der Waals surface area contributed by atoms with Crippen molar-refractivity contribution >= 4 is 41.0 Å². The van der Waals surface area contributed by atoms with Crippen molar-refractivity contribution in [3.05, 3.63) is 54.6 Å². The highest BCUT2D eigenvalue weighted by Gasteiger charge is 2.75. The van der Waals surface area contributed by atoms with E-state index < -0.39 is 41.7 Å². The highest BCUT2D eigenvalue weighted by Crippen LogP contribution is 2.59. The molecule has 222 valence electrons. The molecule has 3 aliphatic heterocycles. The van der Waals surface area contributed by atoms with Gasteiger partial charge in [-0.1, -0.05) is 23.8 Å². The van der Waals surface area contributed by atoms with E-state index in [1.807, 2.05) is 0 Å². The van der Waals surface area contributed by atoms with Gasteiger partial charge in [-0.2, -0.15) is 0 Å². The number of amides is 3. The van der Waals surface area contributed by atoms with E-state index in [1.54, 1.807) is 43.3 Å². The number of aliphatic hydroxyl groups is 1. The normalized spacial score (nSPS) is 26.8. The summed E-state index contributed by atoms with van der Waals surface area (Å²) in [5, 5.41) is 12.8. The predicted octanol–water partition coefficient (Wildman–Crippen LogP) is 2.63. The number of carbonyl (C=O) groups is 4. The lowest BCUT2D eigenvalue weighted by molar-refractivity contribution is -0.159. The van der Waals surface area contributed by atoms with Gasteiger partial charge in [0.15, 0.2) is 0 Å². The second-order valence-electron chi connectivity index (χ2n) is 10.8. The van der Waals surface area contributed by atoms with E-state index in [0.29, 0.717) is 36.4 Å². The standard InChI is InChI=1S/C30H38ClN3O7/c1-4-6-8-23(36)32-18-19(3)40-29(39)24-22-13-14-30(41-22)25(24)27(37)34(16-7-17-35)26(30)28(38)33(15-5-2)21-11-9-20(31)10-12-21/h4-5,9-12,19,22,24-26,35H,1-2,6-8,13-18H2,3H3,(H,32,36)/t19-,22+,24-,25-,26+,30-/m1/s1. The minimum absolute atomic E-state index is 0.130. The molecule has 3 fully saturated rings. The van der Waals surface area contributed by atoms with Crippen molar-refractivity contribution in [2.75, 3.05) is 31.1 Å². The third-order valence-corrected chi connectivity index (χ3v) is 8.31. The number of ether oxygens (including phenoxy) is 2. The molecule has 2 bridgehead atoms. The fourth-order valence-electron chi connectivity index (χ4n) is 6.30. The van der Waals surface area contributed by atoms with Crippen molar-refractivity contribution < 1.29 is 33.8 Å². The van der Waals surface area contributed by atoms with Crippen molar-refractivity contribution in [2.24, 2.45) is 11.8 Å². The number of aliphatic hydroxyl groups excluding tert-OH is 1. The summed E-state index contributed by atoms with van der Waals surface area (Å²) in [5.41, 5.74) is -0.618. The third kappa shape index (κ3) is 6.05. The van der Waals surface area contributed by atoms with Crippen LogP contribution in [-0.2, 0) is 28.7 Å². The first-order chi connectivity index (χ1) is 19.7. The number of allylic oxidation sites excluding steroid dienone is 1. The van der Waals surface area contributed by atoms with Crippen LogP contribution in [0.3, 0.4) is 0 Å². The van der Waals surface area contributed by atoms with Crippen LogP contribution < -0.4 is 10.2 Å². The van der Waals surface area contributed by atoms with E-state index in [0.717, 1.165) is 0 Å². The summed E-state index contributed by atoms with van der Waals surface area (Å²) in [6.07, 6.45) is 4.09. The topological polar surface area (TPSA) is 125 Å². The number of rotatable bonds is 14. The predicted molar refractivity (Wildman–Crippen MR) is 153 cm³/mol. The van der Waals surface area contributed by atoms with Gasteiger partial charge in [0.2, 0.25) is 11.8 Å². The van der Waals surface area contributed by atoms with E-state index >= 15 is 0 Å². The van der Waals surface area contributed by atoms with Crippen molar-refractivity contribution in [1.82, 2.24) is 10.2 Å². The SMILES string of the molecule is C=CCCC(=O)NC[C@@H](C)OC(=O)[C@@H]1[C@@H]2CC[C@]3(O2)[C@H](C(=O)N(CC=C)c2ccc(Cl)cc2)N(CCCO)C(=O)[C@@H]13. The Balaban J connectivity index is 1.58. The van der Waals surface area contributed by atoms with Gasteiger partial charge in [-0.15, -0.1) is 13.2 Å². The number of nitrogens with one attached hydrogen (secondary N) is 1. The first-order valence-corrected chi connectivity index (χ1v) is 14.4. The van der Waals surface area contributed by atoms with Gasteiger partial charge in [-0.3, -0.25) is 19.2 Å². The maximum atomic E-state index is 14.3. The molecule has 0 unspecified atom stereocenters. The zero-order valence-corrected chi connectivity index (χ0v) is 24.1. The van der Waals surface area contributed by atoms with Crippen LogP contribution in [0.15, 0.2) is 49.6 Å². The Kier molecular flexibility index (Phi) is 9.88. The fourth-order valence-corrected chi connectivity index (χ4v) is 6.43. The van der Waals surface area contributed by atoms with Crippen molar-refractivity contribution in [1.29, 1.82) is 0 Å². The number of likely N-dealkylation sites (tertiary alicyclic amines) is 1. The van der Waals surface area contributed by atoms with Crippen LogP contribution in [0.4, 0.5) is 5.69 Å². The minimum Gasteiger partial charge on any atom is -0.460 e. The molecule has 3 aliphatic rings. The molecule has 4 rings (SSSR count). The molecular weight excluding hydrogens is 550 g/mol. The maximum Gasteiger partial charge on any atom is 0.312 e. The highest BCUT2D eigenvalue weighted by molar-refractivity contribution is 6.30. The lowest BCUT2D eigenvalue weighted by Gasteiger charge is -2.36. The zero-order chi connectivity index (χ0) is 29.7. The summed E-state index contributed by atoms with van der Waals surface area (Å²) in [6, 6.07) is 5.80. The maximum absolute atomic E-state index is 14.3. The molecule has 1 aromatic carbocycles. The molecule has 0 aromatic heterocycles. The molecule has 2 N–H and O–H groups in total. The Labute approximate surface area is 245 Å². The minimum atomic E-state index is -1.20. The highest BCUT2D eigenvalue weighted by atomic mass is 35.5. The van der Waals surface area contributed by atoms with E-state index in [9.17, 15) is 24.3 Å². The van der Waals surface area contributed by atoms with Gasteiger partial charge in [0.1, 0.15) is 17.7 Å². The zero-order valence-electron chi connectivity index (χ0n) is 23.3. The van der Waals surface area contributed by atoms with E-state index in [1.165, 1.54) is 9.80 Å². The van der Waals surface area contributed by atoms with E-state index in [4.69, 9.17) is 21.1 Å². The third-order valence-electron chi connectivity index (χ3n) is 8.06. The lowest BCUT2D eigenvalue weighted by atomic mass is 9.70. The summed E-state index contributed by atoms with van der Waals surface area (Å²) in [6.45, 7) is 9.35. The summed E-state index contributed by atoms with van der Waals surface area (Å²) in [4.78, 5) is 56.7. The van der Waals surface area contributed by atoms with Crippen LogP contribution in [0.25, 0.3) is 0 Å². The Bertz CT molecular complexity index is 1180. The van der Waals surface area contributed by atoms with Crippen LogP contribution in [0.1, 0.15) is 39.0 Å².